The molecule has 0 aromatic heterocycles. The van der Waals surface area contributed by atoms with Crippen LogP contribution in [0.2, 0.25) is 0 Å². The Labute approximate surface area is 86.1 Å². The van der Waals surface area contributed by atoms with E-state index in [0.717, 1.165) is 6.42 Å². The summed E-state index contributed by atoms with van der Waals surface area (Å²) in [5.74, 6) is 0.0800. The van der Waals surface area contributed by atoms with E-state index in [4.69, 9.17) is 10.8 Å². The second-order valence-corrected chi connectivity index (χ2v) is 3.82. The lowest BCUT2D eigenvalue weighted by Gasteiger charge is -2.26. The molecular formula is C10H22N2O2. The molecule has 14 heavy (non-hydrogen) atoms. The number of aliphatic hydroxyl groups is 1. The highest BCUT2D eigenvalue weighted by Gasteiger charge is 2.22. The number of rotatable bonds is 6. The normalized spacial score (nSPS) is 13.0. The van der Waals surface area contributed by atoms with Crippen LogP contribution in [0.1, 0.15) is 27.2 Å². The fraction of sp³-hybridized carbons (Fsp3) is 0.900. The van der Waals surface area contributed by atoms with Crippen LogP contribution in [-0.2, 0) is 4.79 Å². The Balaban J connectivity index is 4.26. The van der Waals surface area contributed by atoms with E-state index < -0.39 is 6.04 Å². The van der Waals surface area contributed by atoms with Gasteiger partial charge in [-0.05, 0) is 12.3 Å². The molecule has 0 saturated carbocycles. The molecule has 4 nitrogen and oxygen atoms in total. The van der Waals surface area contributed by atoms with Crippen molar-refractivity contribution in [2.45, 2.75) is 33.2 Å². The molecule has 1 unspecified atom stereocenters. The molecule has 0 aromatic carbocycles. The number of nitrogens with zero attached hydrogens (tertiary/aromatic N) is 1. The van der Waals surface area contributed by atoms with Crippen molar-refractivity contribution in [3.8, 4) is 0 Å². The number of amides is 1. The minimum Gasteiger partial charge on any atom is -0.395 e. The summed E-state index contributed by atoms with van der Waals surface area (Å²) < 4.78 is 0. The van der Waals surface area contributed by atoms with Crippen LogP contribution in [-0.4, -0.2) is 41.7 Å². The Hall–Kier alpha value is -0.610. The number of carbonyl (C=O) groups is 1. The van der Waals surface area contributed by atoms with Crippen molar-refractivity contribution < 1.29 is 9.90 Å². The highest BCUT2D eigenvalue weighted by Crippen LogP contribution is 2.04. The molecule has 84 valence electrons. The Kier molecular flexibility index (Phi) is 6.49. The summed E-state index contributed by atoms with van der Waals surface area (Å²) in [6.07, 6.45) is 0.885. The standard InChI is InChI=1S/C10H22N2O2/c1-4-5-12(6-7-13)10(14)9(11)8(2)3/h8-9,13H,4-7,11H2,1-3H3. The molecule has 0 aliphatic rings. The van der Waals surface area contributed by atoms with Crippen LogP contribution in [0.15, 0.2) is 0 Å². The van der Waals surface area contributed by atoms with Crippen LogP contribution >= 0.6 is 0 Å². The van der Waals surface area contributed by atoms with E-state index >= 15 is 0 Å². The van der Waals surface area contributed by atoms with E-state index in [1.165, 1.54) is 0 Å². The molecule has 4 heteroatoms. The molecule has 0 heterocycles. The Morgan fingerprint density at radius 2 is 2.00 bits per heavy atom. The molecule has 0 aliphatic heterocycles. The van der Waals surface area contributed by atoms with Gasteiger partial charge in [0.2, 0.25) is 5.91 Å². The first-order valence-electron chi connectivity index (χ1n) is 5.19. The van der Waals surface area contributed by atoms with E-state index in [1.807, 2.05) is 20.8 Å². The maximum absolute atomic E-state index is 11.8. The molecule has 1 amide bonds. The minimum absolute atomic E-state index is 0.00342. The third kappa shape index (κ3) is 4.07. The molecule has 0 aliphatic carbocycles. The molecule has 0 aromatic rings. The summed E-state index contributed by atoms with van der Waals surface area (Å²) in [6, 6.07) is -0.451. The van der Waals surface area contributed by atoms with Crippen LogP contribution in [0.4, 0.5) is 0 Å². The Morgan fingerprint density at radius 1 is 1.43 bits per heavy atom. The van der Waals surface area contributed by atoms with Gasteiger partial charge in [-0.15, -0.1) is 0 Å². The van der Waals surface area contributed by atoms with Crippen molar-refractivity contribution in [3.63, 3.8) is 0 Å². The van der Waals surface area contributed by atoms with Crippen molar-refractivity contribution in [1.29, 1.82) is 0 Å². The number of hydrogen-bond donors (Lipinski definition) is 2. The maximum Gasteiger partial charge on any atom is 0.239 e. The second kappa shape index (κ2) is 6.79. The first-order valence-corrected chi connectivity index (χ1v) is 5.19. The largest absolute Gasteiger partial charge is 0.395 e. The van der Waals surface area contributed by atoms with Crippen molar-refractivity contribution in [2.75, 3.05) is 19.7 Å². The fourth-order valence-corrected chi connectivity index (χ4v) is 1.22. The summed E-state index contributed by atoms with van der Waals surface area (Å²) in [6.45, 7) is 6.89. The van der Waals surface area contributed by atoms with E-state index in [9.17, 15) is 4.79 Å². The Bertz CT molecular complexity index is 166. The van der Waals surface area contributed by atoms with Crippen molar-refractivity contribution in [3.05, 3.63) is 0 Å². The van der Waals surface area contributed by atoms with Crippen LogP contribution in [0.25, 0.3) is 0 Å². The lowest BCUT2D eigenvalue weighted by molar-refractivity contribution is -0.134. The summed E-state index contributed by atoms with van der Waals surface area (Å²) >= 11 is 0. The lowest BCUT2D eigenvalue weighted by atomic mass is 10.0. The van der Waals surface area contributed by atoms with Gasteiger partial charge in [0.05, 0.1) is 12.6 Å². The third-order valence-corrected chi connectivity index (χ3v) is 2.18. The highest BCUT2D eigenvalue weighted by atomic mass is 16.3. The number of carbonyl (C=O) groups excluding carboxylic acids is 1. The van der Waals surface area contributed by atoms with Gasteiger partial charge in [0.1, 0.15) is 0 Å². The molecule has 0 spiro atoms. The van der Waals surface area contributed by atoms with Gasteiger partial charge < -0.3 is 15.7 Å². The van der Waals surface area contributed by atoms with Crippen LogP contribution in [0, 0.1) is 5.92 Å². The SMILES string of the molecule is CCCN(CCO)C(=O)C(N)C(C)C. The first-order chi connectivity index (χ1) is 6.54. The van der Waals surface area contributed by atoms with Crippen LogP contribution in [0.3, 0.4) is 0 Å². The lowest BCUT2D eigenvalue weighted by Crippen LogP contribution is -2.47. The molecule has 1 atom stereocenters. The van der Waals surface area contributed by atoms with Gasteiger partial charge in [-0.1, -0.05) is 20.8 Å². The quantitative estimate of drug-likeness (QED) is 0.646. The fourth-order valence-electron chi connectivity index (χ4n) is 1.22. The summed E-state index contributed by atoms with van der Waals surface area (Å²) in [4.78, 5) is 13.4. The number of hydrogen-bond acceptors (Lipinski definition) is 3. The minimum atomic E-state index is -0.451. The Morgan fingerprint density at radius 3 is 2.36 bits per heavy atom. The van der Waals surface area contributed by atoms with E-state index in [-0.39, 0.29) is 18.4 Å². The van der Waals surface area contributed by atoms with Gasteiger partial charge in [0.25, 0.3) is 0 Å². The molecule has 0 fully saturated rings. The zero-order valence-corrected chi connectivity index (χ0v) is 9.36. The van der Waals surface area contributed by atoms with Gasteiger partial charge in [0, 0.05) is 13.1 Å². The molecule has 0 bridgehead atoms. The van der Waals surface area contributed by atoms with Crippen LogP contribution < -0.4 is 5.73 Å². The first kappa shape index (κ1) is 13.4. The highest BCUT2D eigenvalue weighted by molar-refractivity contribution is 5.81. The molecule has 0 radical (unpaired) electrons. The zero-order valence-electron chi connectivity index (χ0n) is 9.36. The van der Waals surface area contributed by atoms with Gasteiger partial charge in [-0.2, -0.15) is 0 Å². The van der Waals surface area contributed by atoms with E-state index in [1.54, 1.807) is 4.90 Å². The zero-order chi connectivity index (χ0) is 11.1. The summed E-state index contributed by atoms with van der Waals surface area (Å²) in [5, 5.41) is 8.80. The number of aliphatic hydroxyl groups excluding tert-OH is 1. The van der Waals surface area contributed by atoms with E-state index in [2.05, 4.69) is 0 Å². The topological polar surface area (TPSA) is 66.6 Å². The predicted octanol–water partition coefficient (Wildman–Crippen LogP) is 0.201. The van der Waals surface area contributed by atoms with Crippen LogP contribution in [0.5, 0.6) is 0 Å². The van der Waals surface area contributed by atoms with Gasteiger partial charge in [-0.3, -0.25) is 4.79 Å². The van der Waals surface area contributed by atoms with Crippen molar-refractivity contribution in [2.24, 2.45) is 11.7 Å². The number of nitrogens with two attached hydrogens (primary N) is 1. The summed E-state index contributed by atoms with van der Waals surface area (Å²) in [7, 11) is 0. The van der Waals surface area contributed by atoms with Crippen molar-refractivity contribution in [1.82, 2.24) is 4.90 Å². The molecular weight excluding hydrogens is 180 g/mol. The average Bonchev–Trinajstić information content (AvgIpc) is 2.15. The second-order valence-electron chi connectivity index (χ2n) is 3.82. The van der Waals surface area contributed by atoms with E-state index in [0.29, 0.717) is 13.1 Å². The third-order valence-electron chi connectivity index (χ3n) is 2.18. The van der Waals surface area contributed by atoms with Gasteiger partial charge in [0.15, 0.2) is 0 Å². The van der Waals surface area contributed by atoms with Gasteiger partial charge in [-0.25, -0.2) is 0 Å². The molecule has 0 saturated heterocycles. The monoisotopic (exact) mass is 202 g/mol. The molecule has 3 N–H and O–H groups in total. The van der Waals surface area contributed by atoms with Crippen molar-refractivity contribution >= 4 is 5.91 Å². The summed E-state index contributed by atoms with van der Waals surface area (Å²) in [5.41, 5.74) is 5.75. The van der Waals surface area contributed by atoms with Gasteiger partial charge >= 0.3 is 0 Å². The average molecular weight is 202 g/mol. The predicted molar refractivity (Wildman–Crippen MR) is 56.8 cm³/mol. The smallest absolute Gasteiger partial charge is 0.239 e. The molecule has 0 rings (SSSR count). The maximum atomic E-state index is 11.8.